The van der Waals surface area contributed by atoms with Gasteiger partial charge in [-0.1, -0.05) is 19.1 Å². The fourth-order valence-electron chi connectivity index (χ4n) is 2.34. The van der Waals surface area contributed by atoms with E-state index in [9.17, 15) is 10.1 Å². The third-order valence-corrected chi connectivity index (χ3v) is 3.77. The maximum absolute atomic E-state index is 11.0. The lowest BCUT2D eigenvalue weighted by Gasteiger charge is -2.36. The van der Waals surface area contributed by atoms with Gasteiger partial charge in [-0.2, -0.15) is 0 Å². The van der Waals surface area contributed by atoms with E-state index in [-0.39, 0.29) is 24.4 Å². The molecule has 0 aromatic rings. The van der Waals surface area contributed by atoms with Crippen molar-refractivity contribution in [2.24, 2.45) is 5.92 Å². The van der Waals surface area contributed by atoms with E-state index in [4.69, 9.17) is 9.47 Å². The first kappa shape index (κ1) is 12.5. The van der Waals surface area contributed by atoms with Crippen molar-refractivity contribution >= 4 is 0 Å². The summed E-state index contributed by atoms with van der Waals surface area (Å²) in [6.45, 7) is 2.14. The van der Waals surface area contributed by atoms with Crippen molar-refractivity contribution in [2.45, 2.75) is 44.4 Å². The molecule has 1 atom stereocenters. The van der Waals surface area contributed by atoms with Crippen molar-refractivity contribution in [1.29, 1.82) is 0 Å². The van der Waals surface area contributed by atoms with Gasteiger partial charge in [-0.15, -0.1) is 0 Å². The monoisotopic (exact) mass is 241 g/mol. The van der Waals surface area contributed by atoms with Crippen LogP contribution in [0.3, 0.4) is 0 Å². The first-order chi connectivity index (χ1) is 8.18. The topological polar surface area (TPSA) is 61.6 Å². The fourth-order valence-corrected chi connectivity index (χ4v) is 2.34. The predicted molar refractivity (Wildman–Crippen MR) is 62.2 cm³/mol. The van der Waals surface area contributed by atoms with Crippen molar-refractivity contribution in [1.82, 2.24) is 0 Å². The van der Waals surface area contributed by atoms with Crippen LogP contribution in [0.25, 0.3) is 0 Å². The zero-order valence-electron chi connectivity index (χ0n) is 10.1. The summed E-state index contributed by atoms with van der Waals surface area (Å²) in [6, 6.07) is 0. The number of nitrogens with zero attached hydrogens (tertiary/aromatic N) is 1. The average molecular weight is 241 g/mol. The van der Waals surface area contributed by atoms with Gasteiger partial charge < -0.3 is 9.47 Å². The van der Waals surface area contributed by atoms with Crippen LogP contribution in [0.4, 0.5) is 0 Å². The smallest absolute Gasteiger partial charge is 0.267 e. The second-order valence-corrected chi connectivity index (χ2v) is 4.87. The molecule has 0 aromatic heterocycles. The summed E-state index contributed by atoms with van der Waals surface area (Å²) in [7, 11) is 0. The van der Waals surface area contributed by atoms with Crippen LogP contribution in [-0.4, -0.2) is 30.0 Å². The zero-order chi connectivity index (χ0) is 12.3. The highest BCUT2D eigenvalue weighted by Crippen LogP contribution is 2.30. The molecule has 1 aliphatic heterocycles. The molecule has 2 aliphatic rings. The molecule has 1 saturated heterocycles. The summed E-state index contributed by atoms with van der Waals surface area (Å²) in [4.78, 5) is 10.8. The van der Waals surface area contributed by atoms with Crippen LogP contribution in [0, 0.1) is 16.0 Å². The van der Waals surface area contributed by atoms with Crippen molar-refractivity contribution in [3.8, 4) is 0 Å². The summed E-state index contributed by atoms with van der Waals surface area (Å²) >= 11 is 0. The van der Waals surface area contributed by atoms with E-state index in [1.807, 2.05) is 0 Å². The molecule has 5 nitrogen and oxygen atoms in total. The molecule has 2 rings (SSSR count). The largest absolute Gasteiger partial charge is 0.345 e. The molecule has 0 aromatic carbocycles. The molecular formula is C12H19NO4. The molecular weight excluding hydrogens is 222 g/mol. The van der Waals surface area contributed by atoms with Gasteiger partial charge in [0, 0.05) is 17.3 Å². The van der Waals surface area contributed by atoms with Gasteiger partial charge in [0.2, 0.25) is 0 Å². The summed E-state index contributed by atoms with van der Waals surface area (Å²) in [5.74, 6) is 0.349. The number of allylic oxidation sites excluding steroid dienone is 2. The molecule has 96 valence electrons. The van der Waals surface area contributed by atoms with Crippen molar-refractivity contribution in [3.05, 3.63) is 22.3 Å². The lowest BCUT2D eigenvalue weighted by atomic mass is 9.92. The summed E-state index contributed by atoms with van der Waals surface area (Å²) < 4.78 is 11.2. The molecule has 17 heavy (non-hydrogen) atoms. The Hall–Kier alpha value is -0.940. The Kier molecular flexibility index (Phi) is 3.79. The summed E-state index contributed by atoms with van der Waals surface area (Å²) in [5.41, 5.74) is -1.04. The molecule has 1 fully saturated rings. The molecule has 1 heterocycles. The number of nitro groups is 1. The number of hydrogen-bond donors (Lipinski definition) is 0. The van der Waals surface area contributed by atoms with E-state index < -0.39 is 5.54 Å². The van der Waals surface area contributed by atoms with E-state index >= 15 is 0 Å². The average Bonchev–Trinajstić information content (AvgIpc) is 2.39. The lowest BCUT2D eigenvalue weighted by molar-refractivity contribution is -0.592. The second kappa shape index (κ2) is 5.14. The van der Waals surface area contributed by atoms with Crippen LogP contribution < -0.4 is 0 Å². The molecule has 0 unspecified atom stereocenters. The molecule has 5 heteroatoms. The number of rotatable bonds is 3. The van der Waals surface area contributed by atoms with E-state index in [1.54, 1.807) is 6.92 Å². The highest BCUT2D eigenvalue weighted by Gasteiger charge is 2.47. The third-order valence-electron chi connectivity index (χ3n) is 3.77. The van der Waals surface area contributed by atoms with Crippen LogP contribution in [0.2, 0.25) is 0 Å². The maximum atomic E-state index is 11.0. The summed E-state index contributed by atoms with van der Waals surface area (Å²) in [6.07, 6.45) is 7.50. The van der Waals surface area contributed by atoms with Gasteiger partial charge in [-0.25, -0.2) is 0 Å². The van der Waals surface area contributed by atoms with Crippen molar-refractivity contribution in [3.63, 3.8) is 0 Å². The van der Waals surface area contributed by atoms with Crippen LogP contribution in [0.1, 0.15) is 32.6 Å². The Bertz CT molecular complexity index is 308. The van der Waals surface area contributed by atoms with E-state index in [2.05, 4.69) is 12.2 Å². The molecule has 0 amide bonds. The Balaban J connectivity index is 1.93. The zero-order valence-corrected chi connectivity index (χ0v) is 10.1. The minimum atomic E-state index is -1.04. The van der Waals surface area contributed by atoms with Crippen molar-refractivity contribution < 1.29 is 14.4 Å². The first-order valence-electron chi connectivity index (χ1n) is 6.20. The molecule has 0 radical (unpaired) electrons. The minimum Gasteiger partial charge on any atom is -0.345 e. The number of hydrogen-bond acceptors (Lipinski definition) is 4. The first-order valence-corrected chi connectivity index (χ1v) is 6.20. The second-order valence-electron chi connectivity index (χ2n) is 4.87. The molecule has 0 spiro atoms. The SMILES string of the molecule is CCC1([N+](=O)[O-])COC([C@H]2CC=CCC2)OC1. The Morgan fingerprint density at radius 3 is 2.59 bits per heavy atom. The van der Waals surface area contributed by atoms with Gasteiger partial charge in [0.05, 0.1) is 0 Å². The van der Waals surface area contributed by atoms with Crippen molar-refractivity contribution in [2.75, 3.05) is 13.2 Å². The lowest BCUT2D eigenvalue weighted by Crippen LogP contribution is -2.53. The van der Waals surface area contributed by atoms with Crippen LogP contribution in [0.15, 0.2) is 12.2 Å². The third kappa shape index (κ3) is 2.50. The van der Waals surface area contributed by atoms with E-state index in [0.29, 0.717) is 12.3 Å². The van der Waals surface area contributed by atoms with E-state index in [0.717, 1.165) is 19.3 Å². The van der Waals surface area contributed by atoms with E-state index in [1.165, 1.54) is 0 Å². The fraction of sp³-hybridized carbons (Fsp3) is 0.833. The van der Waals surface area contributed by atoms with Gasteiger partial charge in [0.15, 0.2) is 6.29 Å². The molecule has 1 aliphatic carbocycles. The molecule has 0 N–H and O–H groups in total. The summed E-state index contributed by atoms with van der Waals surface area (Å²) in [5, 5.41) is 11.0. The highest BCUT2D eigenvalue weighted by molar-refractivity contribution is 4.92. The molecule has 0 bridgehead atoms. The van der Waals surface area contributed by atoms with Gasteiger partial charge in [0.25, 0.3) is 5.54 Å². The van der Waals surface area contributed by atoms with Crippen LogP contribution in [0.5, 0.6) is 0 Å². The molecule has 0 saturated carbocycles. The normalized spacial score (nSPS) is 37.9. The highest BCUT2D eigenvalue weighted by atomic mass is 16.7. The van der Waals surface area contributed by atoms with Gasteiger partial charge in [-0.05, 0) is 19.3 Å². The van der Waals surface area contributed by atoms with Crippen LogP contribution in [-0.2, 0) is 9.47 Å². The Morgan fingerprint density at radius 2 is 2.12 bits per heavy atom. The Morgan fingerprint density at radius 1 is 1.41 bits per heavy atom. The quantitative estimate of drug-likeness (QED) is 0.431. The van der Waals surface area contributed by atoms with Gasteiger partial charge in [0.1, 0.15) is 13.2 Å². The number of ether oxygens (including phenoxy) is 2. The Labute approximate surface area is 101 Å². The van der Waals surface area contributed by atoms with Crippen LogP contribution >= 0.6 is 0 Å². The standard InChI is InChI=1S/C12H19NO4/c1-2-12(13(14)15)8-16-11(17-9-12)10-6-4-3-5-7-10/h3-4,10-11H,2,5-9H2,1H3/t10-,11?,12?/m0/s1. The predicted octanol–water partition coefficient (Wildman–Crippen LogP) is 2.14. The maximum Gasteiger partial charge on any atom is 0.267 e. The van der Waals surface area contributed by atoms with Gasteiger partial charge >= 0.3 is 0 Å². The minimum absolute atomic E-state index is 0.168. The van der Waals surface area contributed by atoms with Gasteiger partial charge in [-0.3, -0.25) is 10.1 Å².